The molecular formula is C17H19N3O. The first-order valence-corrected chi connectivity index (χ1v) is 6.95. The van der Waals surface area contributed by atoms with Gasteiger partial charge in [0.05, 0.1) is 23.7 Å². The van der Waals surface area contributed by atoms with Gasteiger partial charge >= 0.3 is 0 Å². The third-order valence-corrected chi connectivity index (χ3v) is 3.81. The first-order valence-electron chi connectivity index (χ1n) is 6.95. The molecule has 0 saturated heterocycles. The summed E-state index contributed by atoms with van der Waals surface area (Å²) in [5.74, 6) is 1.72. The smallest absolute Gasteiger partial charge is 0.144 e. The molecule has 3 aromatic rings. The molecule has 0 amide bonds. The van der Waals surface area contributed by atoms with E-state index >= 15 is 0 Å². The van der Waals surface area contributed by atoms with Crippen LogP contribution in [0.1, 0.15) is 11.1 Å². The largest absolute Gasteiger partial charge is 0.496 e. The molecule has 1 heterocycles. The second-order valence-electron chi connectivity index (χ2n) is 5.19. The highest BCUT2D eigenvalue weighted by atomic mass is 16.5. The number of hydrogen-bond acceptors (Lipinski definition) is 3. The molecule has 0 spiro atoms. The number of imidazole rings is 1. The van der Waals surface area contributed by atoms with E-state index < -0.39 is 0 Å². The fourth-order valence-electron chi connectivity index (χ4n) is 2.67. The lowest BCUT2D eigenvalue weighted by Gasteiger charge is -2.09. The van der Waals surface area contributed by atoms with Crippen molar-refractivity contribution in [3.63, 3.8) is 0 Å². The van der Waals surface area contributed by atoms with Crippen molar-refractivity contribution in [2.75, 3.05) is 7.11 Å². The third-order valence-electron chi connectivity index (χ3n) is 3.81. The van der Waals surface area contributed by atoms with Crippen molar-refractivity contribution in [2.24, 2.45) is 12.8 Å². The van der Waals surface area contributed by atoms with Crippen LogP contribution in [0.15, 0.2) is 36.4 Å². The number of nitrogens with zero attached hydrogens (tertiary/aromatic N) is 2. The van der Waals surface area contributed by atoms with Crippen molar-refractivity contribution in [1.29, 1.82) is 0 Å². The van der Waals surface area contributed by atoms with Gasteiger partial charge in [-0.1, -0.05) is 23.8 Å². The second kappa shape index (κ2) is 5.22. The molecular weight excluding hydrogens is 262 g/mol. The number of rotatable bonds is 3. The highest BCUT2D eigenvalue weighted by molar-refractivity contribution is 5.84. The summed E-state index contributed by atoms with van der Waals surface area (Å²) in [5, 5.41) is 0. The van der Waals surface area contributed by atoms with E-state index in [-0.39, 0.29) is 0 Å². The van der Waals surface area contributed by atoms with E-state index in [1.54, 1.807) is 7.11 Å². The molecule has 0 aliphatic carbocycles. The minimum atomic E-state index is 0.485. The number of aromatic nitrogens is 2. The number of methoxy groups -OCH3 is 1. The topological polar surface area (TPSA) is 53.1 Å². The monoisotopic (exact) mass is 281 g/mol. The van der Waals surface area contributed by atoms with Crippen LogP contribution in [0.5, 0.6) is 5.75 Å². The van der Waals surface area contributed by atoms with Crippen molar-refractivity contribution in [1.82, 2.24) is 9.55 Å². The Labute approximate surface area is 124 Å². The van der Waals surface area contributed by atoms with Gasteiger partial charge < -0.3 is 15.0 Å². The van der Waals surface area contributed by atoms with Crippen molar-refractivity contribution in [3.05, 3.63) is 47.5 Å². The van der Waals surface area contributed by atoms with Crippen LogP contribution in [0.4, 0.5) is 0 Å². The molecule has 4 heteroatoms. The molecule has 0 fully saturated rings. The first-order chi connectivity index (χ1) is 10.2. The Morgan fingerprint density at radius 1 is 1.24 bits per heavy atom. The van der Waals surface area contributed by atoms with Gasteiger partial charge in [0.2, 0.25) is 0 Å². The molecule has 21 heavy (non-hydrogen) atoms. The Morgan fingerprint density at radius 2 is 2.05 bits per heavy atom. The molecule has 0 bridgehead atoms. The van der Waals surface area contributed by atoms with Gasteiger partial charge in [-0.15, -0.1) is 0 Å². The Kier molecular flexibility index (Phi) is 3.39. The lowest BCUT2D eigenvalue weighted by atomic mass is 10.1. The van der Waals surface area contributed by atoms with E-state index in [4.69, 9.17) is 15.5 Å². The first kappa shape index (κ1) is 13.6. The normalized spacial score (nSPS) is 11.0. The predicted octanol–water partition coefficient (Wildman–Crippen LogP) is 3.02. The third kappa shape index (κ3) is 2.17. The van der Waals surface area contributed by atoms with Crippen LogP contribution >= 0.6 is 0 Å². The summed E-state index contributed by atoms with van der Waals surface area (Å²) >= 11 is 0. The zero-order valence-electron chi connectivity index (χ0n) is 12.6. The van der Waals surface area contributed by atoms with Gasteiger partial charge in [-0.05, 0) is 30.7 Å². The maximum Gasteiger partial charge on any atom is 0.144 e. The zero-order chi connectivity index (χ0) is 15.0. The molecule has 0 unspecified atom stereocenters. The molecule has 1 aromatic heterocycles. The predicted molar refractivity (Wildman–Crippen MR) is 85.3 cm³/mol. The van der Waals surface area contributed by atoms with E-state index in [1.807, 2.05) is 31.3 Å². The number of benzene rings is 2. The number of aryl methyl sites for hydroxylation is 2. The standard InChI is InChI=1S/C17H19N3O/c1-11-7-8-15(21-3)13(9-11)17-19-16-12(10-18)5-4-6-14(16)20(17)2/h4-9H,10,18H2,1-3H3. The van der Waals surface area contributed by atoms with Crippen LogP contribution in [0, 0.1) is 6.92 Å². The summed E-state index contributed by atoms with van der Waals surface area (Å²) in [7, 11) is 3.70. The van der Waals surface area contributed by atoms with Crippen molar-refractivity contribution < 1.29 is 4.74 Å². The summed E-state index contributed by atoms with van der Waals surface area (Å²) in [6.45, 7) is 2.55. The highest BCUT2D eigenvalue weighted by Crippen LogP contribution is 2.32. The summed E-state index contributed by atoms with van der Waals surface area (Å²) in [4.78, 5) is 4.81. The van der Waals surface area contributed by atoms with E-state index in [2.05, 4.69) is 23.6 Å². The molecule has 0 radical (unpaired) electrons. The van der Waals surface area contributed by atoms with Crippen LogP contribution in [0.3, 0.4) is 0 Å². The quantitative estimate of drug-likeness (QED) is 0.803. The average molecular weight is 281 g/mol. The Hall–Kier alpha value is -2.33. The van der Waals surface area contributed by atoms with Crippen molar-refractivity contribution >= 4 is 11.0 Å². The van der Waals surface area contributed by atoms with E-state index in [9.17, 15) is 0 Å². The maximum atomic E-state index is 5.82. The summed E-state index contributed by atoms with van der Waals surface area (Å²) in [6.07, 6.45) is 0. The molecule has 2 aromatic carbocycles. The van der Waals surface area contributed by atoms with Crippen LogP contribution < -0.4 is 10.5 Å². The summed E-state index contributed by atoms with van der Waals surface area (Å²) in [6, 6.07) is 12.2. The summed E-state index contributed by atoms with van der Waals surface area (Å²) in [5.41, 5.74) is 11.1. The van der Waals surface area contributed by atoms with Gasteiger partial charge in [0.15, 0.2) is 0 Å². The number of hydrogen-bond donors (Lipinski definition) is 1. The Balaban J connectivity index is 2.31. The minimum Gasteiger partial charge on any atom is -0.496 e. The summed E-state index contributed by atoms with van der Waals surface area (Å²) < 4.78 is 7.57. The number of nitrogens with two attached hydrogens (primary N) is 1. The molecule has 3 rings (SSSR count). The lowest BCUT2D eigenvalue weighted by molar-refractivity contribution is 0.416. The van der Waals surface area contributed by atoms with Gasteiger partial charge in [-0.2, -0.15) is 0 Å². The lowest BCUT2D eigenvalue weighted by Crippen LogP contribution is -1.97. The fourth-order valence-corrected chi connectivity index (χ4v) is 2.67. The van der Waals surface area contributed by atoms with Crippen LogP contribution in [0.25, 0.3) is 22.4 Å². The SMILES string of the molecule is COc1ccc(C)cc1-c1nc2c(CN)cccc2n1C. The van der Waals surface area contributed by atoms with Crippen molar-refractivity contribution in [3.8, 4) is 17.1 Å². The molecule has 108 valence electrons. The number of fused-ring (bicyclic) bond motifs is 1. The van der Waals surface area contributed by atoms with Gasteiger partial charge in [-0.3, -0.25) is 0 Å². The van der Waals surface area contributed by atoms with Crippen LogP contribution in [0.2, 0.25) is 0 Å². The second-order valence-corrected chi connectivity index (χ2v) is 5.19. The molecule has 0 atom stereocenters. The van der Waals surface area contributed by atoms with Crippen LogP contribution in [-0.4, -0.2) is 16.7 Å². The molecule has 2 N–H and O–H groups in total. The zero-order valence-corrected chi connectivity index (χ0v) is 12.6. The van der Waals surface area contributed by atoms with Gasteiger partial charge in [-0.25, -0.2) is 4.98 Å². The Morgan fingerprint density at radius 3 is 2.76 bits per heavy atom. The van der Waals surface area contributed by atoms with Gasteiger partial charge in [0.25, 0.3) is 0 Å². The highest BCUT2D eigenvalue weighted by Gasteiger charge is 2.15. The van der Waals surface area contributed by atoms with Crippen LogP contribution in [-0.2, 0) is 13.6 Å². The number of ether oxygens (including phenoxy) is 1. The molecule has 4 nitrogen and oxygen atoms in total. The molecule has 0 saturated carbocycles. The molecule has 0 aliphatic rings. The Bertz CT molecular complexity index is 805. The van der Waals surface area contributed by atoms with Crippen molar-refractivity contribution in [2.45, 2.75) is 13.5 Å². The van der Waals surface area contributed by atoms with E-state index in [0.717, 1.165) is 33.7 Å². The fraction of sp³-hybridized carbons (Fsp3) is 0.235. The maximum absolute atomic E-state index is 5.82. The molecule has 0 aliphatic heterocycles. The van der Waals surface area contributed by atoms with Gasteiger partial charge in [0, 0.05) is 13.6 Å². The average Bonchev–Trinajstić information content (AvgIpc) is 2.84. The minimum absolute atomic E-state index is 0.485. The van der Waals surface area contributed by atoms with E-state index in [1.165, 1.54) is 5.56 Å². The number of para-hydroxylation sites is 1. The van der Waals surface area contributed by atoms with E-state index in [0.29, 0.717) is 6.54 Å². The van der Waals surface area contributed by atoms with Gasteiger partial charge in [0.1, 0.15) is 11.6 Å².